The van der Waals surface area contributed by atoms with E-state index in [-0.39, 0.29) is 41.4 Å². The molecule has 1 saturated carbocycles. The Bertz CT molecular complexity index is 943. The second-order valence-electron chi connectivity index (χ2n) is 6.36. The Balaban J connectivity index is 1.62. The van der Waals surface area contributed by atoms with Gasteiger partial charge in [0.05, 0.1) is 30.7 Å². The van der Waals surface area contributed by atoms with E-state index >= 15 is 0 Å². The number of rotatable bonds is 9. The number of nitrogens with one attached hydrogen (secondary N) is 2. The molecule has 0 atom stereocenters. The smallest absolute Gasteiger partial charge is 0.240 e. The molecular formula is C19H21FN2O5S. The highest BCUT2D eigenvalue weighted by molar-refractivity contribution is 7.89. The molecule has 1 amide bonds. The third kappa shape index (κ3) is 5.43. The van der Waals surface area contributed by atoms with Crippen LogP contribution in [0.4, 0.5) is 10.1 Å². The molecule has 0 aromatic heterocycles. The maximum atomic E-state index is 12.9. The summed E-state index contributed by atoms with van der Waals surface area (Å²) in [6.45, 7) is 0.0843. The Labute approximate surface area is 162 Å². The quantitative estimate of drug-likeness (QED) is 0.665. The fourth-order valence-corrected chi connectivity index (χ4v) is 3.78. The third-order valence-corrected chi connectivity index (χ3v) is 5.58. The van der Waals surface area contributed by atoms with Gasteiger partial charge in [-0.15, -0.1) is 0 Å². The maximum Gasteiger partial charge on any atom is 0.240 e. The molecule has 0 aliphatic heterocycles. The number of ether oxygens (including phenoxy) is 2. The summed E-state index contributed by atoms with van der Waals surface area (Å²) in [6.07, 6.45) is 1.68. The highest BCUT2D eigenvalue weighted by Gasteiger charge is 2.28. The Morgan fingerprint density at radius 3 is 2.54 bits per heavy atom. The maximum absolute atomic E-state index is 12.9. The minimum Gasteiger partial charge on any atom is -0.495 e. The molecule has 1 aliphatic rings. The van der Waals surface area contributed by atoms with Crippen molar-refractivity contribution in [2.75, 3.05) is 19.0 Å². The summed E-state index contributed by atoms with van der Waals surface area (Å²) in [5.74, 6) is 0.0532. The number of carbonyl (C=O) groups is 1. The zero-order valence-electron chi connectivity index (χ0n) is 15.3. The summed E-state index contributed by atoms with van der Waals surface area (Å²) < 4.78 is 50.8. The Morgan fingerprint density at radius 1 is 1.18 bits per heavy atom. The lowest BCUT2D eigenvalue weighted by Gasteiger charge is -2.13. The van der Waals surface area contributed by atoms with Crippen LogP contribution in [0.3, 0.4) is 0 Å². The summed E-state index contributed by atoms with van der Waals surface area (Å²) in [6, 6.07) is 9.73. The molecule has 0 heterocycles. The van der Waals surface area contributed by atoms with Crippen molar-refractivity contribution in [2.45, 2.75) is 30.2 Å². The molecule has 0 saturated heterocycles. The van der Waals surface area contributed by atoms with Crippen molar-refractivity contribution in [3.63, 3.8) is 0 Å². The van der Waals surface area contributed by atoms with Gasteiger partial charge in [0.1, 0.15) is 17.3 Å². The van der Waals surface area contributed by atoms with Gasteiger partial charge in [0.15, 0.2) is 0 Å². The van der Waals surface area contributed by atoms with Gasteiger partial charge in [0, 0.05) is 6.04 Å². The number of amides is 1. The Hall–Kier alpha value is -2.65. The van der Waals surface area contributed by atoms with E-state index in [1.54, 1.807) is 0 Å². The minimum atomic E-state index is -3.65. The van der Waals surface area contributed by atoms with Gasteiger partial charge in [-0.05, 0) is 55.3 Å². The van der Waals surface area contributed by atoms with Crippen LogP contribution in [0.5, 0.6) is 11.5 Å². The SMILES string of the molecule is COc1ccc(S(=O)(=O)NC2CC2)cc1NC(=O)CCOc1ccc(F)cc1. The summed E-state index contributed by atoms with van der Waals surface area (Å²) in [7, 11) is -2.22. The van der Waals surface area contributed by atoms with Crippen LogP contribution in [0.2, 0.25) is 0 Å². The zero-order chi connectivity index (χ0) is 20.1. The number of benzene rings is 2. The summed E-state index contributed by atoms with van der Waals surface area (Å²) in [5.41, 5.74) is 0.257. The molecule has 2 N–H and O–H groups in total. The molecule has 1 aliphatic carbocycles. The molecular weight excluding hydrogens is 387 g/mol. The fourth-order valence-electron chi connectivity index (χ4n) is 2.45. The summed E-state index contributed by atoms with van der Waals surface area (Å²) in [5, 5.41) is 2.64. The summed E-state index contributed by atoms with van der Waals surface area (Å²) >= 11 is 0. The van der Waals surface area contributed by atoms with Gasteiger partial charge in [-0.1, -0.05) is 0 Å². The second-order valence-corrected chi connectivity index (χ2v) is 8.07. The monoisotopic (exact) mass is 408 g/mol. The van der Waals surface area contributed by atoms with Crippen LogP contribution in [-0.2, 0) is 14.8 Å². The van der Waals surface area contributed by atoms with Gasteiger partial charge in [-0.25, -0.2) is 17.5 Å². The average Bonchev–Trinajstić information content (AvgIpc) is 3.46. The molecule has 3 rings (SSSR count). The number of methoxy groups -OCH3 is 1. The standard InChI is InChI=1S/C19H21FN2O5S/c1-26-18-9-8-16(28(24,25)22-14-4-5-14)12-17(18)21-19(23)10-11-27-15-6-2-13(20)3-7-15/h2-3,6-9,12,14,22H,4-5,10-11H2,1H3,(H,21,23). The predicted octanol–water partition coefficient (Wildman–Crippen LogP) is 2.68. The average molecular weight is 408 g/mol. The van der Waals surface area contributed by atoms with Crippen LogP contribution in [0.25, 0.3) is 0 Å². The molecule has 9 heteroatoms. The van der Waals surface area contributed by atoms with Gasteiger partial charge < -0.3 is 14.8 Å². The first-order chi connectivity index (χ1) is 13.4. The molecule has 150 valence electrons. The largest absolute Gasteiger partial charge is 0.495 e. The van der Waals surface area contributed by atoms with Gasteiger partial charge in [0.2, 0.25) is 15.9 Å². The van der Waals surface area contributed by atoms with E-state index in [2.05, 4.69) is 10.0 Å². The van der Waals surface area contributed by atoms with Crippen LogP contribution in [-0.4, -0.2) is 34.1 Å². The minimum absolute atomic E-state index is 0.0197. The lowest BCUT2D eigenvalue weighted by molar-refractivity contribution is -0.116. The van der Waals surface area contributed by atoms with Crippen molar-refractivity contribution in [3.05, 3.63) is 48.3 Å². The first kappa shape index (κ1) is 20.1. The lowest BCUT2D eigenvalue weighted by atomic mass is 10.2. The fraction of sp³-hybridized carbons (Fsp3) is 0.316. The highest BCUT2D eigenvalue weighted by Crippen LogP contribution is 2.29. The number of hydrogen-bond donors (Lipinski definition) is 2. The van der Waals surface area contributed by atoms with Crippen molar-refractivity contribution >= 4 is 21.6 Å². The van der Waals surface area contributed by atoms with Crippen LogP contribution in [0.1, 0.15) is 19.3 Å². The molecule has 2 aromatic carbocycles. The first-order valence-corrected chi connectivity index (χ1v) is 10.2. The highest BCUT2D eigenvalue weighted by atomic mass is 32.2. The molecule has 28 heavy (non-hydrogen) atoms. The molecule has 0 bridgehead atoms. The Kier molecular flexibility index (Phi) is 6.15. The van der Waals surface area contributed by atoms with Crippen LogP contribution >= 0.6 is 0 Å². The van der Waals surface area contributed by atoms with Crippen molar-refractivity contribution in [3.8, 4) is 11.5 Å². The van der Waals surface area contributed by atoms with Gasteiger partial charge >= 0.3 is 0 Å². The van der Waals surface area contributed by atoms with E-state index in [1.165, 1.54) is 49.6 Å². The number of halogens is 1. The van der Waals surface area contributed by atoms with Crippen LogP contribution < -0.4 is 19.5 Å². The predicted molar refractivity (Wildman–Crippen MR) is 101 cm³/mol. The van der Waals surface area contributed by atoms with E-state index in [4.69, 9.17) is 9.47 Å². The molecule has 2 aromatic rings. The van der Waals surface area contributed by atoms with E-state index in [1.807, 2.05) is 0 Å². The normalized spacial score (nSPS) is 13.8. The van der Waals surface area contributed by atoms with Gasteiger partial charge in [-0.3, -0.25) is 4.79 Å². The first-order valence-electron chi connectivity index (χ1n) is 8.76. The van der Waals surface area contributed by atoms with E-state index in [0.717, 1.165) is 12.8 Å². The van der Waals surface area contributed by atoms with E-state index in [0.29, 0.717) is 11.5 Å². The molecule has 0 unspecified atom stereocenters. The van der Waals surface area contributed by atoms with Crippen molar-refractivity contribution in [1.82, 2.24) is 4.72 Å². The lowest BCUT2D eigenvalue weighted by Crippen LogP contribution is -2.26. The van der Waals surface area contributed by atoms with E-state index < -0.39 is 10.0 Å². The van der Waals surface area contributed by atoms with E-state index in [9.17, 15) is 17.6 Å². The topological polar surface area (TPSA) is 93.7 Å². The summed E-state index contributed by atoms with van der Waals surface area (Å²) in [4.78, 5) is 12.3. The van der Waals surface area contributed by atoms with Crippen molar-refractivity contribution in [2.24, 2.45) is 0 Å². The third-order valence-electron chi connectivity index (χ3n) is 4.07. The number of sulfonamides is 1. The van der Waals surface area contributed by atoms with Crippen LogP contribution in [0.15, 0.2) is 47.4 Å². The van der Waals surface area contributed by atoms with Gasteiger partial charge in [0.25, 0.3) is 0 Å². The number of hydrogen-bond acceptors (Lipinski definition) is 5. The Morgan fingerprint density at radius 2 is 1.89 bits per heavy atom. The van der Waals surface area contributed by atoms with Gasteiger partial charge in [-0.2, -0.15) is 0 Å². The second kappa shape index (κ2) is 8.57. The molecule has 7 nitrogen and oxygen atoms in total. The number of anilines is 1. The molecule has 1 fully saturated rings. The molecule has 0 radical (unpaired) electrons. The van der Waals surface area contributed by atoms with Crippen molar-refractivity contribution < 1.29 is 27.1 Å². The zero-order valence-corrected chi connectivity index (χ0v) is 16.1. The van der Waals surface area contributed by atoms with Crippen molar-refractivity contribution in [1.29, 1.82) is 0 Å². The molecule has 0 spiro atoms. The van der Waals surface area contributed by atoms with Crippen LogP contribution in [0, 0.1) is 5.82 Å². The number of carbonyl (C=O) groups excluding carboxylic acids is 1.